The van der Waals surface area contributed by atoms with Crippen LogP contribution in [0.1, 0.15) is 11.7 Å². The minimum atomic E-state index is -2.72. The van der Waals surface area contributed by atoms with E-state index in [9.17, 15) is 18.9 Å². The molecule has 76 valence electrons. The number of alkyl halides is 1. The lowest BCUT2D eigenvalue weighted by Crippen LogP contribution is -2.23. The number of hydrogen-bond donors (Lipinski definition) is 1. The van der Waals surface area contributed by atoms with Crippen LogP contribution in [0.2, 0.25) is 0 Å². The van der Waals surface area contributed by atoms with Crippen molar-refractivity contribution in [3.63, 3.8) is 0 Å². The molecule has 6 heteroatoms. The number of aliphatic hydroxyl groups excluding tert-OH is 1. The second kappa shape index (κ2) is 4.10. The molecule has 0 saturated heterocycles. The summed E-state index contributed by atoms with van der Waals surface area (Å²) in [7, 11) is 0. The number of benzene rings is 1. The van der Waals surface area contributed by atoms with E-state index in [0.29, 0.717) is 0 Å². The summed E-state index contributed by atoms with van der Waals surface area (Å²) in [5.74, 6) is -0.871. The van der Waals surface area contributed by atoms with Gasteiger partial charge in [-0.3, -0.25) is 10.1 Å². The van der Waals surface area contributed by atoms with Crippen molar-refractivity contribution in [1.29, 1.82) is 0 Å². The van der Waals surface area contributed by atoms with E-state index >= 15 is 0 Å². The quantitative estimate of drug-likeness (QED) is 0.459. The van der Waals surface area contributed by atoms with Gasteiger partial charge < -0.3 is 5.11 Å². The molecule has 2 unspecified atom stereocenters. The Morgan fingerprint density at radius 1 is 1.43 bits per heavy atom. The molecule has 0 amide bonds. The summed E-state index contributed by atoms with van der Waals surface area (Å²) < 4.78 is 25.6. The van der Waals surface area contributed by atoms with E-state index in [1.54, 1.807) is 0 Å². The Balaban J connectivity index is 2.94. The first-order chi connectivity index (χ1) is 6.54. The zero-order valence-electron chi connectivity index (χ0n) is 6.93. The molecule has 2 atom stereocenters. The third-order valence-corrected chi connectivity index (χ3v) is 1.69. The second-order valence-corrected chi connectivity index (χ2v) is 2.62. The number of nitro groups is 1. The molecule has 1 aromatic carbocycles. The van der Waals surface area contributed by atoms with Crippen molar-refractivity contribution in [2.75, 3.05) is 0 Å². The maximum absolute atomic E-state index is 12.9. The molecule has 0 aliphatic carbocycles. The van der Waals surface area contributed by atoms with E-state index in [4.69, 9.17) is 5.11 Å². The van der Waals surface area contributed by atoms with Crippen LogP contribution in [-0.4, -0.2) is 16.3 Å². The van der Waals surface area contributed by atoms with Gasteiger partial charge in [-0.05, 0) is 6.07 Å². The summed E-state index contributed by atoms with van der Waals surface area (Å²) in [6.45, 7) is 0. The van der Waals surface area contributed by atoms with Gasteiger partial charge in [0.25, 0.3) is 0 Å². The number of rotatable bonds is 3. The molecule has 0 spiro atoms. The van der Waals surface area contributed by atoms with E-state index in [0.717, 1.165) is 12.1 Å². The highest BCUT2D eigenvalue weighted by Gasteiger charge is 2.32. The Morgan fingerprint density at radius 2 is 2.00 bits per heavy atom. The van der Waals surface area contributed by atoms with E-state index in [2.05, 4.69) is 0 Å². The maximum Gasteiger partial charge on any atom is 0.379 e. The van der Waals surface area contributed by atoms with Crippen molar-refractivity contribution in [3.8, 4) is 0 Å². The van der Waals surface area contributed by atoms with Gasteiger partial charge in [0.2, 0.25) is 0 Å². The van der Waals surface area contributed by atoms with Crippen LogP contribution in [0.25, 0.3) is 0 Å². The van der Waals surface area contributed by atoms with Gasteiger partial charge in [-0.2, -0.15) is 4.39 Å². The normalized spacial score (nSPS) is 14.8. The maximum atomic E-state index is 12.9. The number of nitrogens with zero attached hydrogens (tertiary/aromatic N) is 1. The summed E-state index contributed by atoms with van der Waals surface area (Å²) in [5.41, 5.74) is -0.420. The fourth-order valence-corrected chi connectivity index (χ4v) is 0.978. The highest BCUT2D eigenvalue weighted by Crippen LogP contribution is 2.21. The minimum Gasteiger partial charge on any atom is -0.378 e. The Hall–Kier alpha value is -1.56. The van der Waals surface area contributed by atoms with Gasteiger partial charge in [-0.25, -0.2) is 4.39 Å². The molecule has 1 rings (SSSR count). The van der Waals surface area contributed by atoms with Crippen LogP contribution in [0.4, 0.5) is 8.78 Å². The van der Waals surface area contributed by atoms with Crippen molar-refractivity contribution >= 4 is 0 Å². The lowest BCUT2D eigenvalue weighted by atomic mass is 10.1. The highest BCUT2D eigenvalue weighted by molar-refractivity contribution is 5.20. The van der Waals surface area contributed by atoms with Crippen molar-refractivity contribution in [2.24, 2.45) is 0 Å². The Morgan fingerprint density at radius 3 is 2.50 bits per heavy atom. The molecule has 0 aliphatic rings. The molecule has 0 saturated carbocycles. The van der Waals surface area contributed by atoms with Crippen LogP contribution < -0.4 is 0 Å². The zero-order valence-corrected chi connectivity index (χ0v) is 6.93. The molecule has 0 radical (unpaired) electrons. The van der Waals surface area contributed by atoms with Crippen molar-refractivity contribution in [3.05, 3.63) is 45.8 Å². The van der Waals surface area contributed by atoms with E-state index < -0.39 is 28.7 Å². The predicted molar refractivity (Wildman–Crippen MR) is 43.3 cm³/mol. The molecular formula is C8H7F2NO3. The van der Waals surface area contributed by atoms with Crippen LogP contribution in [0.5, 0.6) is 0 Å². The standard InChI is InChI=1S/C8H7F2NO3/c9-6-4-2-1-3-5(6)7(12)8(10)11(13)14/h1-4,7-8,12H. The molecule has 0 aromatic heterocycles. The summed E-state index contributed by atoms with van der Waals surface area (Å²) in [5, 5.41) is 19.1. The smallest absolute Gasteiger partial charge is 0.378 e. The van der Waals surface area contributed by atoms with Gasteiger partial charge >= 0.3 is 6.30 Å². The highest BCUT2D eigenvalue weighted by atomic mass is 19.1. The van der Waals surface area contributed by atoms with Crippen molar-refractivity contribution < 1.29 is 18.8 Å². The predicted octanol–water partition coefficient (Wildman–Crippen LogP) is 1.43. The first-order valence-electron chi connectivity index (χ1n) is 3.74. The SMILES string of the molecule is O=[N+]([O-])C(F)C(O)c1ccccc1F. The molecule has 0 heterocycles. The first kappa shape index (κ1) is 10.5. The third-order valence-electron chi connectivity index (χ3n) is 1.69. The third kappa shape index (κ3) is 2.02. The molecule has 14 heavy (non-hydrogen) atoms. The lowest BCUT2D eigenvalue weighted by Gasteiger charge is -2.09. The molecule has 1 aromatic rings. The van der Waals surface area contributed by atoms with Gasteiger partial charge in [-0.1, -0.05) is 18.2 Å². The van der Waals surface area contributed by atoms with E-state index in [1.807, 2.05) is 0 Å². The number of hydrogen-bond acceptors (Lipinski definition) is 3. The van der Waals surface area contributed by atoms with Crippen LogP contribution in [0.3, 0.4) is 0 Å². The fraction of sp³-hybridized carbons (Fsp3) is 0.250. The van der Waals surface area contributed by atoms with Crippen LogP contribution in [0, 0.1) is 15.9 Å². The molecule has 4 nitrogen and oxygen atoms in total. The first-order valence-corrected chi connectivity index (χ1v) is 3.74. The largest absolute Gasteiger partial charge is 0.379 e. The Bertz CT molecular complexity index is 345. The Labute approximate surface area is 77.9 Å². The van der Waals surface area contributed by atoms with Crippen LogP contribution >= 0.6 is 0 Å². The second-order valence-electron chi connectivity index (χ2n) is 2.62. The molecule has 1 N–H and O–H groups in total. The average Bonchev–Trinajstić information content (AvgIpc) is 2.16. The van der Waals surface area contributed by atoms with Gasteiger partial charge in [-0.15, -0.1) is 0 Å². The van der Waals surface area contributed by atoms with Gasteiger partial charge in [0.15, 0.2) is 6.10 Å². The number of aliphatic hydroxyl groups is 1. The summed E-state index contributed by atoms with van der Waals surface area (Å²) in [6.07, 6.45) is -4.79. The molecule has 0 fully saturated rings. The minimum absolute atomic E-state index is 0.420. The van der Waals surface area contributed by atoms with E-state index in [1.165, 1.54) is 12.1 Å². The zero-order chi connectivity index (χ0) is 10.7. The lowest BCUT2D eigenvalue weighted by molar-refractivity contribution is -0.567. The van der Waals surface area contributed by atoms with Crippen molar-refractivity contribution in [1.82, 2.24) is 0 Å². The van der Waals surface area contributed by atoms with Crippen LogP contribution in [-0.2, 0) is 0 Å². The fourth-order valence-electron chi connectivity index (χ4n) is 0.978. The van der Waals surface area contributed by atoms with E-state index in [-0.39, 0.29) is 0 Å². The summed E-state index contributed by atoms with van der Waals surface area (Å²) >= 11 is 0. The van der Waals surface area contributed by atoms with Gasteiger partial charge in [0.05, 0.1) is 4.92 Å². The van der Waals surface area contributed by atoms with Crippen LogP contribution in [0.15, 0.2) is 24.3 Å². The monoisotopic (exact) mass is 203 g/mol. The summed E-state index contributed by atoms with van der Waals surface area (Å²) in [4.78, 5) is 8.67. The van der Waals surface area contributed by atoms with Crippen molar-refractivity contribution in [2.45, 2.75) is 12.4 Å². The average molecular weight is 203 g/mol. The topological polar surface area (TPSA) is 63.4 Å². The molecular weight excluding hydrogens is 196 g/mol. The van der Waals surface area contributed by atoms with Gasteiger partial charge in [0.1, 0.15) is 5.82 Å². The number of halogens is 2. The van der Waals surface area contributed by atoms with Gasteiger partial charge in [0, 0.05) is 5.56 Å². The molecule has 0 aliphatic heterocycles. The Kier molecular flexibility index (Phi) is 3.08. The summed E-state index contributed by atoms with van der Waals surface area (Å²) in [6, 6.07) is 4.78. The molecule has 0 bridgehead atoms.